The Bertz CT molecular complexity index is 2440. The van der Waals surface area contributed by atoms with Gasteiger partial charge in [0.05, 0.1) is 22.4 Å². The van der Waals surface area contributed by atoms with Crippen molar-refractivity contribution in [3.63, 3.8) is 0 Å². The molecule has 1 aliphatic heterocycles. The van der Waals surface area contributed by atoms with Crippen molar-refractivity contribution in [2.24, 2.45) is 0 Å². The molecule has 0 fully saturated rings. The number of ether oxygens (including phenoxy) is 1. The van der Waals surface area contributed by atoms with Gasteiger partial charge in [-0.15, -0.1) is 0 Å². The molecule has 0 spiro atoms. The summed E-state index contributed by atoms with van der Waals surface area (Å²) in [6.45, 7) is 4.89. The quantitative estimate of drug-likeness (QED) is 0.195. The Hall–Kier alpha value is -6.14. The smallest absolute Gasteiger partial charge is 0.144 e. The van der Waals surface area contributed by atoms with E-state index in [1.165, 1.54) is 11.1 Å². The van der Waals surface area contributed by atoms with E-state index in [4.69, 9.17) is 14.7 Å². The van der Waals surface area contributed by atoms with Crippen LogP contribution in [0.3, 0.4) is 0 Å². The largest absolute Gasteiger partial charge is 0.457 e. The highest BCUT2D eigenvalue weighted by Gasteiger charge is 2.27. The Morgan fingerprint density at radius 3 is 2.30 bits per heavy atom. The Labute approximate surface area is 272 Å². The van der Waals surface area contributed by atoms with Gasteiger partial charge in [-0.25, -0.2) is 9.97 Å². The topological polar surface area (TPSA) is 48.1 Å². The van der Waals surface area contributed by atoms with Gasteiger partial charge in [0, 0.05) is 46.0 Å². The fraction of sp³-hybridized carbons (Fsp3) is 0.0732. The molecular weight excluding hydrogens is 578 g/mol. The minimum Gasteiger partial charge on any atom is -0.457 e. The highest BCUT2D eigenvalue weighted by molar-refractivity contribution is 6.09. The average Bonchev–Trinajstić information content (AvgIpc) is 3.61. The van der Waals surface area contributed by atoms with E-state index in [1.807, 2.05) is 30.5 Å². The summed E-state index contributed by atoms with van der Waals surface area (Å²) in [5, 5.41) is 2.34. The Morgan fingerprint density at radius 1 is 0.638 bits per heavy atom. The number of para-hydroxylation sites is 2. The van der Waals surface area contributed by atoms with Gasteiger partial charge in [0.2, 0.25) is 0 Å². The summed E-state index contributed by atoms with van der Waals surface area (Å²) in [5.41, 5.74) is 9.90. The van der Waals surface area contributed by atoms with Crippen LogP contribution in [0.15, 0.2) is 140 Å². The third kappa shape index (κ3) is 4.49. The SMILES string of the molecule is Cc1nc2n(c1C)CN(c1cc(Oc3ccc4c5ccccc5n(-c5ccccn5)c4c3)cc(-c3ccccc3)c1)c1ccccc1-2. The van der Waals surface area contributed by atoms with E-state index in [0.29, 0.717) is 6.67 Å². The molecule has 0 bridgehead atoms. The lowest BCUT2D eigenvalue weighted by molar-refractivity contribution is 0.483. The number of aromatic nitrogens is 4. The van der Waals surface area contributed by atoms with Crippen LogP contribution in [0.1, 0.15) is 11.4 Å². The van der Waals surface area contributed by atoms with Gasteiger partial charge in [0.15, 0.2) is 0 Å². The molecule has 5 aromatic carbocycles. The third-order valence-electron chi connectivity index (χ3n) is 9.25. The molecule has 9 rings (SSSR count). The Kier molecular flexibility index (Phi) is 6.21. The summed E-state index contributed by atoms with van der Waals surface area (Å²) in [7, 11) is 0. The van der Waals surface area contributed by atoms with Crippen LogP contribution < -0.4 is 9.64 Å². The molecule has 6 nitrogen and oxygen atoms in total. The van der Waals surface area contributed by atoms with Gasteiger partial charge in [-0.2, -0.15) is 0 Å². The van der Waals surface area contributed by atoms with Crippen molar-refractivity contribution in [2.45, 2.75) is 20.5 Å². The maximum atomic E-state index is 6.77. The van der Waals surface area contributed by atoms with E-state index in [0.717, 1.165) is 73.3 Å². The number of rotatable bonds is 5. The van der Waals surface area contributed by atoms with Gasteiger partial charge in [-0.3, -0.25) is 4.57 Å². The summed E-state index contributed by atoms with van der Waals surface area (Å²) in [6.07, 6.45) is 1.83. The van der Waals surface area contributed by atoms with E-state index >= 15 is 0 Å². The molecule has 0 atom stereocenters. The molecular formula is C41H31N5O. The van der Waals surface area contributed by atoms with Crippen molar-refractivity contribution in [2.75, 3.05) is 4.90 Å². The summed E-state index contributed by atoms with van der Waals surface area (Å²) in [5.74, 6) is 3.41. The summed E-state index contributed by atoms with van der Waals surface area (Å²) >= 11 is 0. The first-order chi connectivity index (χ1) is 23.1. The van der Waals surface area contributed by atoms with Gasteiger partial charge in [-0.05, 0) is 79.6 Å². The molecule has 0 saturated carbocycles. The van der Waals surface area contributed by atoms with Crippen LogP contribution in [0, 0.1) is 13.8 Å². The van der Waals surface area contributed by atoms with Gasteiger partial charge >= 0.3 is 0 Å². The molecule has 0 saturated heterocycles. The molecule has 0 N–H and O–H groups in total. The minimum atomic E-state index is 0.660. The zero-order valence-corrected chi connectivity index (χ0v) is 26.1. The molecule has 0 radical (unpaired) electrons. The molecule has 3 aromatic heterocycles. The fourth-order valence-corrected chi connectivity index (χ4v) is 6.85. The molecule has 0 unspecified atom stereocenters. The number of nitrogens with zero attached hydrogens (tertiary/aromatic N) is 5. The Morgan fingerprint density at radius 2 is 1.43 bits per heavy atom. The van der Waals surface area contributed by atoms with Crippen molar-refractivity contribution < 1.29 is 4.74 Å². The van der Waals surface area contributed by atoms with Crippen LogP contribution in [-0.2, 0) is 6.67 Å². The number of aryl methyl sites for hydroxylation is 1. The number of anilines is 2. The van der Waals surface area contributed by atoms with Crippen molar-refractivity contribution >= 4 is 33.2 Å². The fourth-order valence-electron chi connectivity index (χ4n) is 6.85. The van der Waals surface area contributed by atoms with Crippen molar-refractivity contribution in [3.05, 3.63) is 151 Å². The zero-order chi connectivity index (χ0) is 31.5. The second-order valence-electron chi connectivity index (χ2n) is 12.0. The number of hydrogen-bond acceptors (Lipinski definition) is 4. The van der Waals surface area contributed by atoms with Gasteiger partial charge in [0.1, 0.15) is 29.8 Å². The molecule has 1 aliphatic rings. The molecule has 4 heterocycles. The lowest BCUT2D eigenvalue weighted by Gasteiger charge is -2.33. The number of hydrogen-bond donors (Lipinski definition) is 0. The van der Waals surface area contributed by atoms with Crippen LogP contribution in [0.5, 0.6) is 11.5 Å². The second kappa shape index (κ2) is 10.7. The van der Waals surface area contributed by atoms with E-state index in [-0.39, 0.29) is 0 Å². The summed E-state index contributed by atoms with van der Waals surface area (Å²) in [4.78, 5) is 12.0. The highest BCUT2D eigenvalue weighted by Crippen LogP contribution is 2.43. The standard InChI is InChI=1S/C41H31N5O/c1-27-28(2)44-26-45(37-16-8-7-15-36(37)41(44)43-27)31-22-30(29-12-4-3-5-13-29)23-33(24-31)47-32-19-20-35-34-14-6-9-17-38(34)46(39(35)25-32)40-18-10-11-21-42-40/h3-25H,26H2,1-2H3. The molecule has 47 heavy (non-hydrogen) atoms. The number of pyridine rings is 1. The van der Waals surface area contributed by atoms with Crippen LogP contribution in [0.4, 0.5) is 11.4 Å². The monoisotopic (exact) mass is 609 g/mol. The summed E-state index contributed by atoms with van der Waals surface area (Å²) in [6, 6.07) is 46.4. The predicted octanol–water partition coefficient (Wildman–Crippen LogP) is 10.2. The van der Waals surface area contributed by atoms with Gasteiger partial charge in [0.25, 0.3) is 0 Å². The van der Waals surface area contributed by atoms with Crippen molar-refractivity contribution in [3.8, 4) is 39.8 Å². The molecule has 6 heteroatoms. The molecule has 0 aliphatic carbocycles. The van der Waals surface area contributed by atoms with Gasteiger partial charge in [-0.1, -0.05) is 66.7 Å². The highest BCUT2D eigenvalue weighted by atomic mass is 16.5. The summed E-state index contributed by atoms with van der Waals surface area (Å²) < 4.78 is 11.3. The maximum Gasteiger partial charge on any atom is 0.144 e. The van der Waals surface area contributed by atoms with E-state index < -0.39 is 0 Å². The second-order valence-corrected chi connectivity index (χ2v) is 12.0. The average molecular weight is 610 g/mol. The lowest BCUT2D eigenvalue weighted by Crippen LogP contribution is -2.27. The van der Waals surface area contributed by atoms with E-state index in [1.54, 1.807) is 0 Å². The number of fused-ring (bicyclic) bond motifs is 6. The lowest BCUT2D eigenvalue weighted by atomic mass is 10.0. The Balaban J connectivity index is 1.19. The van der Waals surface area contributed by atoms with Crippen molar-refractivity contribution in [1.82, 2.24) is 19.1 Å². The maximum absolute atomic E-state index is 6.77. The van der Waals surface area contributed by atoms with E-state index in [2.05, 4.69) is 137 Å². The third-order valence-corrected chi connectivity index (χ3v) is 9.25. The molecule has 0 amide bonds. The van der Waals surface area contributed by atoms with Crippen LogP contribution in [0.25, 0.3) is 50.1 Å². The van der Waals surface area contributed by atoms with Gasteiger partial charge < -0.3 is 14.2 Å². The molecule has 226 valence electrons. The first kappa shape index (κ1) is 27.2. The minimum absolute atomic E-state index is 0.660. The zero-order valence-electron chi connectivity index (χ0n) is 26.1. The van der Waals surface area contributed by atoms with Crippen LogP contribution >= 0.6 is 0 Å². The number of imidazole rings is 1. The molecule has 8 aromatic rings. The van der Waals surface area contributed by atoms with Crippen molar-refractivity contribution in [1.29, 1.82) is 0 Å². The first-order valence-corrected chi connectivity index (χ1v) is 15.9. The van der Waals surface area contributed by atoms with Crippen LogP contribution in [-0.4, -0.2) is 19.1 Å². The van der Waals surface area contributed by atoms with Crippen LogP contribution in [0.2, 0.25) is 0 Å². The normalized spacial score (nSPS) is 12.3. The number of benzene rings is 5. The first-order valence-electron chi connectivity index (χ1n) is 15.9. The van der Waals surface area contributed by atoms with E-state index in [9.17, 15) is 0 Å². The predicted molar refractivity (Wildman–Crippen MR) is 190 cm³/mol.